The number of hydrogen-bond acceptors (Lipinski definition) is 3. The molecule has 0 aromatic heterocycles. The summed E-state index contributed by atoms with van der Waals surface area (Å²) in [5.41, 5.74) is 2.21. The zero-order chi connectivity index (χ0) is 20.6. The van der Waals surface area contributed by atoms with E-state index in [1.807, 2.05) is 0 Å². The van der Waals surface area contributed by atoms with Crippen LogP contribution >= 0.6 is 0 Å². The number of carbonyl (C=O) groups is 2. The third-order valence-electron chi connectivity index (χ3n) is 5.39. The largest absolute Gasteiger partial charge is 0.355 e. The zero-order valence-corrected chi connectivity index (χ0v) is 16.8. The first-order valence-corrected chi connectivity index (χ1v) is 10.2. The minimum absolute atomic E-state index is 0.0922. The molecule has 1 saturated carbocycles. The number of nitrogens with zero attached hydrogens (tertiary/aromatic N) is 1. The molecule has 0 bridgehead atoms. The van der Waals surface area contributed by atoms with Gasteiger partial charge in [-0.3, -0.25) is 14.5 Å². The van der Waals surface area contributed by atoms with Gasteiger partial charge >= 0.3 is 0 Å². The Morgan fingerprint density at radius 1 is 1.00 bits per heavy atom. The Bertz CT molecular complexity index is 815. The summed E-state index contributed by atoms with van der Waals surface area (Å²) in [6, 6.07) is 13.7. The van der Waals surface area contributed by atoms with Crippen LogP contribution in [0.2, 0.25) is 0 Å². The molecule has 0 radical (unpaired) electrons. The number of benzene rings is 2. The number of anilines is 1. The van der Waals surface area contributed by atoms with Gasteiger partial charge in [-0.15, -0.1) is 0 Å². The Morgan fingerprint density at radius 3 is 2.28 bits per heavy atom. The van der Waals surface area contributed by atoms with E-state index in [2.05, 4.69) is 15.5 Å². The van der Waals surface area contributed by atoms with Crippen molar-refractivity contribution >= 4 is 17.5 Å². The van der Waals surface area contributed by atoms with Crippen molar-refractivity contribution in [1.29, 1.82) is 0 Å². The summed E-state index contributed by atoms with van der Waals surface area (Å²) in [7, 11) is 1.58. The average molecular weight is 397 g/mol. The van der Waals surface area contributed by atoms with Crippen LogP contribution in [0.1, 0.15) is 48.0 Å². The van der Waals surface area contributed by atoms with Crippen molar-refractivity contribution in [3.63, 3.8) is 0 Å². The van der Waals surface area contributed by atoms with Gasteiger partial charge in [-0.1, -0.05) is 31.4 Å². The number of rotatable bonds is 7. The Morgan fingerprint density at radius 2 is 1.66 bits per heavy atom. The molecule has 1 aliphatic rings. The molecule has 0 unspecified atom stereocenters. The summed E-state index contributed by atoms with van der Waals surface area (Å²) in [5, 5.41) is 5.49. The summed E-state index contributed by atoms with van der Waals surface area (Å²) in [4.78, 5) is 26.5. The Kier molecular flexibility index (Phi) is 7.36. The molecule has 2 aromatic rings. The third kappa shape index (κ3) is 6.12. The van der Waals surface area contributed by atoms with Crippen LogP contribution in [0.4, 0.5) is 10.1 Å². The summed E-state index contributed by atoms with van der Waals surface area (Å²) in [5.74, 6) is -0.507. The molecule has 3 rings (SSSR count). The number of halogens is 1. The van der Waals surface area contributed by atoms with Gasteiger partial charge in [0.15, 0.2) is 0 Å². The van der Waals surface area contributed by atoms with E-state index in [1.165, 1.54) is 31.4 Å². The van der Waals surface area contributed by atoms with E-state index in [1.54, 1.807) is 43.4 Å². The molecule has 0 aliphatic heterocycles. The van der Waals surface area contributed by atoms with E-state index in [4.69, 9.17) is 0 Å². The molecule has 29 heavy (non-hydrogen) atoms. The predicted molar refractivity (Wildman–Crippen MR) is 112 cm³/mol. The fraction of sp³-hybridized carbons (Fsp3) is 0.391. The summed E-state index contributed by atoms with van der Waals surface area (Å²) in [6.45, 7) is 0.896. The molecule has 1 fully saturated rings. The topological polar surface area (TPSA) is 61.4 Å². The smallest absolute Gasteiger partial charge is 0.251 e. The zero-order valence-electron chi connectivity index (χ0n) is 16.8. The molecule has 154 valence electrons. The molecule has 2 amide bonds. The van der Waals surface area contributed by atoms with Crippen molar-refractivity contribution < 1.29 is 14.0 Å². The number of nitrogens with one attached hydrogen (secondary N) is 2. The van der Waals surface area contributed by atoms with Crippen LogP contribution in [0.15, 0.2) is 48.5 Å². The van der Waals surface area contributed by atoms with Crippen molar-refractivity contribution in [3.05, 3.63) is 65.5 Å². The number of amides is 2. The fourth-order valence-electron chi connectivity index (χ4n) is 3.82. The molecule has 0 spiro atoms. The lowest BCUT2D eigenvalue weighted by Gasteiger charge is -2.34. The SMILES string of the molecule is CNC(=O)c1ccc(NC(=O)CN(Cc2ccc(F)cc2)C2CCCCC2)cc1. The molecule has 0 heterocycles. The van der Waals surface area contributed by atoms with Crippen molar-refractivity contribution in [3.8, 4) is 0 Å². The Balaban J connectivity index is 1.65. The van der Waals surface area contributed by atoms with Crippen LogP contribution in [-0.2, 0) is 11.3 Å². The summed E-state index contributed by atoms with van der Waals surface area (Å²) in [6.07, 6.45) is 5.75. The molecule has 2 aromatic carbocycles. The van der Waals surface area contributed by atoms with Crippen molar-refractivity contribution in [1.82, 2.24) is 10.2 Å². The van der Waals surface area contributed by atoms with Gasteiger partial charge in [0.2, 0.25) is 5.91 Å². The van der Waals surface area contributed by atoms with Crippen LogP contribution in [0.3, 0.4) is 0 Å². The maximum atomic E-state index is 13.2. The summed E-state index contributed by atoms with van der Waals surface area (Å²) >= 11 is 0. The van der Waals surface area contributed by atoms with Gasteiger partial charge in [0.25, 0.3) is 5.91 Å². The van der Waals surface area contributed by atoms with Crippen molar-refractivity contribution in [2.45, 2.75) is 44.7 Å². The van der Waals surface area contributed by atoms with E-state index in [0.717, 1.165) is 18.4 Å². The van der Waals surface area contributed by atoms with Crippen molar-refractivity contribution in [2.24, 2.45) is 0 Å². The lowest BCUT2D eigenvalue weighted by molar-refractivity contribution is -0.118. The maximum absolute atomic E-state index is 13.2. The molecule has 0 atom stereocenters. The molecule has 5 nitrogen and oxygen atoms in total. The minimum Gasteiger partial charge on any atom is -0.355 e. The minimum atomic E-state index is -0.254. The second-order valence-corrected chi connectivity index (χ2v) is 7.53. The van der Waals surface area contributed by atoms with Gasteiger partial charge in [0.05, 0.1) is 6.54 Å². The quantitative estimate of drug-likeness (QED) is 0.743. The lowest BCUT2D eigenvalue weighted by atomic mass is 9.93. The number of hydrogen-bond donors (Lipinski definition) is 2. The van der Waals surface area contributed by atoms with Gasteiger partial charge in [-0.2, -0.15) is 0 Å². The van der Waals surface area contributed by atoms with E-state index < -0.39 is 0 Å². The Labute approximate surface area is 171 Å². The Hall–Kier alpha value is -2.73. The second-order valence-electron chi connectivity index (χ2n) is 7.53. The first kappa shape index (κ1) is 21.0. The second kappa shape index (κ2) is 10.2. The van der Waals surface area contributed by atoms with Gasteiger partial charge in [0.1, 0.15) is 5.82 Å². The fourth-order valence-corrected chi connectivity index (χ4v) is 3.82. The lowest BCUT2D eigenvalue weighted by Crippen LogP contribution is -2.41. The standard InChI is InChI=1S/C23H28FN3O2/c1-25-23(29)18-9-13-20(14-10-18)26-22(28)16-27(21-5-3-2-4-6-21)15-17-7-11-19(24)12-8-17/h7-14,21H,2-6,15-16H2,1H3,(H,25,29)(H,26,28). The molecule has 0 saturated heterocycles. The first-order valence-electron chi connectivity index (χ1n) is 10.2. The molecular formula is C23H28FN3O2. The van der Waals surface area contributed by atoms with Crippen LogP contribution in [0, 0.1) is 5.82 Å². The number of carbonyl (C=O) groups excluding carboxylic acids is 2. The van der Waals surface area contributed by atoms with E-state index >= 15 is 0 Å². The van der Waals surface area contributed by atoms with Crippen LogP contribution in [-0.4, -0.2) is 36.3 Å². The van der Waals surface area contributed by atoms with Crippen molar-refractivity contribution in [2.75, 3.05) is 18.9 Å². The first-order chi connectivity index (χ1) is 14.0. The van der Waals surface area contributed by atoms with Crippen LogP contribution < -0.4 is 10.6 Å². The highest BCUT2D eigenvalue weighted by Crippen LogP contribution is 2.24. The predicted octanol–water partition coefficient (Wildman–Crippen LogP) is 3.96. The highest BCUT2D eigenvalue weighted by molar-refractivity contribution is 5.96. The molecule has 2 N–H and O–H groups in total. The normalized spacial score (nSPS) is 14.6. The van der Waals surface area contributed by atoms with Gasteiger partial charge in [-0.25, -0.2) is 4.39 Å². The van der Waals surface area contributed by atoms with Gasteiger partial charge in [0, 0.05) is 30.9 Å². The van der Waals surface area contributed by atoms with Gasteiger partial charge in [-0.05, 0) is 54.8 Å². The third-order valence-corrected chi connectivity index (χ3v) is 5.39. The van der Waals surface area contributed by atoms with Crippen LogP contribution in [0.5, 0.6) is 0 Å². The highest BCUT2D eigenvalue weighted by atomic mass is 19.1. The average Bonchev–Trinajstić information content (AvgIpc) is 2.75. The van der Waals surface area contributed by atoms with E-state index in [0.29, 0.717) is 23.8 Å². The molecule has 6 heteroatoms. The summed E-state index contributed by atoms with van der Waals surface area (Å²) < 4.78 is 13.2. The van der Waals surface area contributed by atoms with E-state index in [-0.39, 0.29) is 24.2 Å². The highest BCUT2D eigenvalue weighted by Gasteiger charge is 2.23. The van der Waals surface area contributed by atoms with Gasteiger partial charge < -0.3 is 10.6 Å². The molecule has 1 aliphatic carbocycles. The monoisotopic (exact) mass is 397 g/mol. The van der Waals surface area contributed by atoms with Crippen LogP contribution in [0.25, 0.3) is 0 Å². The molecular weight excluding hydrogens is 369 g/mol. The van der Waals surface area contributed by atoms with E-state index in [9.17, 15) is 14.0 Å². The maximum Gasteiger partial charge on any atom is 0.251 e.